The Balaban J connectivity index is 2.53. The van der Waals surface area contributed by atoms with Crippen molar-refractivity contribution < 1.29 is 4.52 Å². The molecule has 0 atom stereocenters. The van der Waals surface area contributed by atoms with Gasteiger partial charge in [-0.15, -0.1) is 0 Å². The molecule has 2 N–H and O–H groups in total. The van der Waals surface area contributed by atoms with E-state index in [-0.39, 0.29) is 0 Å². The van der Waals surface area contributed by atoms with Crippen LogP contribution in [-0.2, 0) is 0 Å². The van der Waals surface area contributed by atoms with Crippen LogP contribution in [0.25, 0.3) is 11.3 Å². The van der Waals surface area contributed by atoms with Gasteiger partial charge in [-0.2, -0.15) is 0 Å². The molecule has 66 valence electrons. The molecule has 0 spiro atoms. The number of rotatable bonds is 1. The lowest BCUT2D eigenvalue weighted by atomic mass is 10.1. The van der Waals surface area contributed by atoms with Crippen LogP contribution in [0.5, 0.6) is 0 Å². The Bertz CT molecular complexity index is 425. The smallest absolute Gasteiger partial charge is 0.147 e. The first kappa shape index (κ1) is 8.31. The van der Waals surface area contributed by atoms with Gasteiger partial charge in [0, 0.05) is 10.0 Å². The molecule has 2 rings (SSSR count). The lowest BCUT2D eigenvalue weighted by molar-refractivity contribution is 0.422. The van der Waals surface area contributed by atoms with Crippen LogP contribution >= 0.6 is 15.9 Å². The highest BCUT2D eigenvalue weighted by molar-refractivity contribution is 9.10. The summed E-state index contributed by atoms with van der Waals surface area (Å²) in [6.07, 6.45) is 1.43. The van der Waals surface area contributed by atoms with Crippen LogP contribution in [0, 0.1) is 0 Å². The van der Waals surface area contributed by atoms with Gasteiger partial charge in [0.15, 0.2) is 0 Å². The molecular weight excluding hydrogens is 232 g/mol. The monoisotopic (exact) mass is 238 g/mol. The molecule has 4 heteroatoms. The SMILES string of the molecule is Nc1conc1-c1cccc(Br)c1. The van der Waals surface area contributed by atoms with E-state index in [1.165, 1.54) is 6.26 Å². The van der Waals surface area contributed by atoms with E-state index in [2.05, 4.69) is 21.1 Å². The maximum atomic E-state index is 5.65. The van der Waals surface area contributed by atoms with Crippen molar-refractivity contribution in [3.05, 3.63) is 35.0 Å². The number of nitrogens with two attached hydrogens (primary N) is 1. The number of halogens is 1. The van der Waals surface area contributed by atoms with E-state index in [0.717, 1.165) is 10.0 Å². The fourth-order valence-corrected chi connectivity index (χ4v) is 1.50. The van der Waals surface area contributed by atoms with Gasteiger partial charge >= 0.3 is 0 Å². The van der Waals surface area contributed by atoms with E-state index in [1.54, 1.807) is 0 Å². The Morgan fingerprint density at radius 2 is 2.23 bits per heavy atom. The van der Waals surface area contributed by atoms with E-state index >= 15 is 0 Å². The van der Waals surface area contributed by atoms with E-state index in [0.29, 0.717) is 11.4 Å². The average molecular weight is 239 g/mol. The van der Waals surface area contributed by atoms with Crippen molar-refractivity contribution >= 4 is 21.6 Å². The minimum Gasteiger partial charge on any atom is -0.394 e. The van der Waals surface area contributed by atoms with E-state index in [1.807, 2.05) is 24.3 Å². The molecule has 0 unspecified atom stereocenters. The predicted molar refractivity (Wildman–Crippen MR) is 54.1 cm³/mol. The van der Waals surface area contributed by atoms with Crippen LogP contribution in [0.2, 0.25) is 0 Å². The van der Waals surface area contributed by atoms with Gasteiger partial charge in [-0.25, -0.2) is 0 Å². The van der Waals surface area contributed by atoms with E-state index < -0.39 is 0 Å². The summed E-state index contributed by atoms with van der Waals surface area (Å²) < 4.78 is 5.74. The number of aromatic nitrogens is 1. The van der Waals surface area contributed by atoms with Crippen molar-refractivity contribution in [1.29, 1.82) is 0 Å². The zero-order valence-electron chi connectivity index (χ0n) is 6.70. The molecule has 0 amide bonds. The quantitative estimate of drug-likeness (QED) is 0.832. The molecule has 13 heavy (non-hydrogen) atoms. The number of benzene rings is 1. The van der Waals surface area contributed by atoms with Crippen molar-refractivity contribution in [1.82, 2.24) is 5.16 Å². The third-order valence-electron chi connectivity index (χ3n) is 1.70. The highest BCUT2D eigenvalue weighted by atomic mass is 79.9. The Kier molecular flexibility index (Phi) is 2.06. The number of nitrogen functional groups attached to an aromatic ring is 1. The van der Waals surface area contributed by atoms with Crippen LogP contribution in [0.4, 0.5) is 5.69 Å². The standard InChI is InChI=1S/C9H7BrN2O/c10-7-3-1-2-6(4-7)9-8(11)5-13-12-9/h1-5H,11H2. The second-order valence-corrected chi connectivity index (χ2v) is 3.54. The Morgan fingerprint density at radius 3 is 2.85 bits per heavy atom. The summed E-state index contributed by atoms with van der Waals surface area (Å²) in [6, 6.07) is 7.74. The predicted octanol–water partition coefficient (Wildman–Crippen LogP) is 2.69. The van der Waals surface area contributed by atoms with Crippen LogP contribution in [0.3, 0.4) is 0 Å². The molecule has 0 bridgehead atoms. The lowest BCUT2D eigenvalue weighted by Gasteiger charge is -1.96. The van der Waals surface area contributed by atoms with Crippen LogP contribution in [0.15, 0.2) is 39.5 Å². The van der Waals surface area contributed by atoms with Crippen LogP contribution in [-0.4, -0.2) is 5.16 Å². The van der Waals surface area contributed by atoms with Gasteiger partial charge < -0.3 is 10.3 Å². The summed E-state index contributed by atoms with van der Waals surface area (Å²) in [5.74, 6) is 0. The summed E-state index contributed by atoms with van der Waals surface area (Å²) in [4.78, 5) is 0. The van der Waals surface area contributed by atoms with Gasteiger partial charge in [-0.1, -0.05) is 33.2 Å². The molecule has 0 fully saturated rings. The van der Waals surface area contributed by atoms with Crippen molar-refractivity contribution in [2.75, 3.05) is 5.73 Å². The van der Waals surface area contributed by atoms with Crippen molar-refractivity contribution in [3.63, 3.8) is 0 Å². The highest BCUT2D eigenvalue weighted by Crippen LogP contribution is 2.25. The molecule has 1 aromatic heterocycles. The fourth-order valence-electron chi connectivity index (χ4n) is 1.10. The van der Waals surface area contributed by atoms with Gasteiger partial charge in [0.1, 0.15) is 17.6 Å². The summed E-state index contributed by atoms with van der Waals surface area (Å²) in [6.45, 7) is 0. The first-order valence-corrected chi connectivity index (χ1v) is 4.52. The largest absolute Gasteiger partial charge is 0.394 e. The average Bonchev–Trinajstić information content (AvgIpc) is 2.51. The fraction of sp³-hybridized carbons (Fsp3) is 0. The zero-order chi connectivity index (χ0) is 9.26. The highest BCUT2D eigenvalue weighted by Gasteiger charge is 2.06. The van der Waals surface area contributed by atoms with Gasteiger partial charge in [-0.3, -0.25) is 0 Å². The van der Waals surface area contributed by atoms with Gasteiger partial charge in [0.2, 0.25) is 0 Å². The number of nitrogens with zero attached hydrogens (tertiary/aromatic N) is 1. The van der Waals surface area contributed by atoms with Crippen molar-refractivity contribution in [2.24, 2.45) is 0 Å². The molecule has 0 radical (unpaired) electrons. The molecule has 0 saturated carbocycles. The third kappa shape index (κ3) is 1.58. The minimum atomic E-state index is 0.554. The first-order valence-electron chi connectivity index (χ1n) is 3.73. The second-order valence-electron chi connectivity index (χ2n) is 2.63. The molecule has 0 aliphatic carbocycles. The van der Waals surface area contributed by atoms with Gasteiger partial charge in [0.25, 0.3) is 0 Å². The van der Waals surface area contributed by atoms with Gasteiger partial charge in [-0.05, 0) is 12.1 Å². The summed E-state index contributed by atoms with van der Waals surface area (Å²) in [7, 11) is 0. The number of hydrogen-bond acceptors (Lipinski definition) is 3. The zero-order valence-corrected chi connectivity index (χ0v) is 8.28. The minimum absolute atomic E-state index is 0.554. The Labute approximate surface area is 83.7 Å². The maximum Gasteiger partial charge on any atom is 0.147 e. The van der Waals surface area contributed by atoms with Crippen LogP contribution < -0.4 is 5.73 Å². The second kappa shape index (κ2) is 3.22. The molecule has 2 aromatic rings. The summed E-state index contributed by atoms with van der Waals surface area (Å²) in [5.41, 5.74) is 7.83. The normalized spacial score (nSPS) is 10.2. The van der Waals surface area contributed by atoms with Crippen molar-refractivity contribution in [3.8, 4) is 11.3 Å². The molecule has 0 aliphatic heterocycles. The maximum absolute atomic E-state index is 5.65. The number of hydrogen-bond donors (Lipinski definition) is 1. The molecule has 0 saturated heterocycles. The Morgan fingerprint density at radius 1 is 1.38 bits per heavy atom. The lowest BCUT2D eigenvalue weighted by Crippen LogP contribution is -1.85. The third-order valence-corrected chi connectivity index (χ3v) is 2.19. The number of anilines is 1. The molecule has 3 nitrogen and oxygen atoms in total. The van der Waals surface area contributed by atoms with E-state index in [4.69, 9.17) is 10.3 Å². The summed E-state index contributed by atoms with van der Waals surface area (Å²) >= 11 is 3.37. The molecule has 1 aromatic carbocycles. The topological polar surface area (TPSA) is 52.0 Å². The Hall–Kier alpha value is -1.29. The van der Waals surface area contributed by atoms with Crippen LogP contribution in [0.1, 0.15) is 0 Å². The first-order chi connectivity index (χ1) is 6.27. The molecule has 1 heterocycles. The van der Waals surface area contributed by atoms with Gasteiger partial charge in [0.05, 0.1) is 0 Å². The summed E-state index contributed by atoms with van der Waals surface area (Å²) in [5, 5.41) is 3.81. The van der Waals surface area contributed by atoms with Crippen molar-refractivity contribution in [2.45, 2.75) is 0 Å². The molecular formula is C9H7BrN2O. The molecule has 0 aliphatic rings. The van der Waals surface area contributed by atoms with E-state index in [9.17, 15) is 0 Å².